The van der Waals surface area contributed by atoms with E-state index in [-0.39, 0.29) is 5.82 Å². The van der Waals surface area contributed by atoms with Crippen LogP contribution in [0.1, 0.15) is 30.1 Å². The number of rotatable bonds is 5. The Morgan fingerprint density at radius 1 is 1.20 bits per heavy atom. The minimum absolute atomic E-state index is 0.199. The highest BCUT2D eigenvalue weighted by Crippen LogP contribution is 2.38. The fourth-order valence-corrected chi connectivity index (χ4v) is 2.43. The molecule has 0 spiro atoms. The third-order valence-corrected chi connectivity index (χ3v) is 3.69. The van der Waals surface area contributed by atoms with Gasteiger partial charge in [0.25, 0.3) is 0 Å². The van der Waals surface area contributed by atoms with Crippen molar-refractivity contribution < 1.29 is 4.39 Å². The quantitative estimate of drug-likeness (QED) is 0.842. The second kappa shape index (κ2) is 5.87. The summed E-state index contributed by atoms with van der Waals surface area (Å²) in [6.45, 7) is 0.763. The predicted molar refractivity (Wildman–Crippen MR) is 80.3 cm³/mol. The van der Waals surface area contributed by atoms with Crippen LogP contribution < -0.4 is 5.32 Å². The van der Waals surface area contributed by atoms with E-state index in [2.05, 4.69) is 31.2 Å². The maximum absolute atomic E-state index is 12.8. The van der Waals surface area contributed by atoms with Gasteiger partial charge in [-0.2, -0.15) is 0 Å². The Bertz CT molecular complexity index is 597. The van der Waals surface area contributed by atoms with Gasteiger partial charge in [0.05, 0.1) is 0 Å². The van der Waals surface area contributed by atoms with Gasteiger partial charge in [0, 0.05) is 18.5 Å². The van der Waals surface area contributed by atoms with Crippen LogP contribution in [0.25, 0.3) is 0 Å². The number of nitrogens with zero attached hydrogens (tertiary/aromatic N) is 2. The Balaban J connectivity index is 1.59. The van der Waals surface area contributed by atoms with Crippen molar-refractivity contribution in [2.45, 2.75) is 25.2 Å². The van der Waals surface area contributed by atoms with Gasteiger partial charge in [0.1, 0.15) is 22.1 Å². The fraction of sp³-hybridized carbons (Fsp3) is 0.333. The molecule has 0 atom stereocenters. The van der Waals surface area contributed by atoms with Gasteiger partial charge in [-0.3, -0.25) is 0 Å². The van der Waals surface area contributed by atoms with Gasteiger partial charge in [-0.15, -0.1) is 0 Å². The smallest absolute Gasteiger partial charge is 0.135 e. The fourth-order valence-electron chi connectivity index (χ4n) is 2.04. The first-order valence-electron chi connectivity index (χ1n) is 6.73. The van der Waals surface area contributed by atoms with Gasteiger partial charge < -0.3 is 5.32 Å². The molecule has 1 fully saturated rings. The largest absolute Gasteiger partial charge is 0.370 e. The van der Waals surface area contributed by atoms with Crippen LogP contribution in [-0.2, 0) is 6.42 Å². The Morgan fingerprint density at radius 3 is 2.65 bits per heavy atom. The lowest BCUT2D eigenvalue weighted by molar-refractivity contribution is 0.627. The normalized spacial score (nSPS) is 14.3. The van der Waals surface area contributed by atoms with Gasteiger partial charge in [-0.1, -0.05) is 12.1 Å². The monoisotopic (exact) mass is 335 g/mol. The summed E-state index contributed by atoms with van der Waals surface area (Å²) in [5.41, 5.74) is 1.11. The van der Waals surface area contributed by atoms with Crippen LogP contribution in [0.5, 0.6) is 0 Å². The maximum Gasteiger partial charge on any atom is 0.135 e. The molecule has 0 amide bonds. The molecule has 1 aliphatic rings. The van der Waals surface area contributed by atoms with Gasteiger partial charge >= 0.3 is 0 Å². The Morgan fingerprint density at radius 2 is 1.95 bits per heavy atom. The standard InChI is InChI=1S/C15H15BrFN3/c16-13-9-14(20-15(19-13)11-3-4-11)18-8-7-10-1-5-12(17)6-2-10/h1-2,5-6,9,11H,3-4,7-8H2,(H,18,19,20). The number of hydrogen-bond acceptors (Lipinski definition) is 3. The molecule has 3 nitrogen and oxygen atoms in total. The second-order valence-electron chi connectivity index (χ2n) is 5.01. The molecule has 104 valence electrons. The van der Waals surface area contributed by atoms with E-state index >= 15 is 0 Å². The number of aromatic nitrogens is 2. The van der Waals surface area contributed by atoms with Crippen molar-refractivity contribution in [3.63, 3.8) is 0 Å². The number of halogens is 2. The second-order valence-corrected chi connectivity index (χ2v) is 5.82. The average molecular weight is 336 g/mol. The highest BCUT2D eigenvalue weighted by Gasteiger charge is 2.27. The number of anilines is 1. The zero-order valence-corrected chi connectivity index (χ0v) is 12.5. The van der Waals surface area contributed by atoms with Crippen molar-refractivity contribution in [3.8, 4) is 0 Å². The average Bonchev–Trinajstić information content (AvgIpc) is 3.25. The SMILES string of the molecule is Fc1ccc(CCNc2cc(Br)nc(C3CC3)n2)cc1. The predicted octanol–water partition coefficient (Wildman–Crippen LogP) is 3.91. The maximum atomic E-state index is 12.8. The van der Waals surface area contributed by atoms with E-state index in [1.807, 2.05) is 18.2 Å². The molecule has 3 rings (SSSR count). The molecule has 0 bridgehead atoms. The molecule has 0 radical (unpaired) electrons. The first-order chi connectivity index (χ1) is 9.70. The molecule has 2 aromatic rings. The molecule has 1 N–H and O–H groups in total. The topological polar surface area (TPSA) is 37.8 Å². The van der Waals surface area contributed by atoms with Gasteiger partial charge in [0.15, 0.2) is 0 Å². The summed E-state index contributed by atoms with van der Waals surface area (Å²) in [6.07, 6.45) is 3.21. The lowest BCUT2D eigenvalue weighted by Crippen LogP contribution is -2.08. The lowest BCUT2D eigenvalue weighted by atomic mass is 10.1. The highest BCUT2D eigenvalue weighted by atomic mass is 79.9. The molecule has 1 heterocycles. The Hall–Kier alpha value is -1.49. The van der Waals surface area contributed by atoms with Crippen molar-refractivity contribution >= 4 is 21.7 Å². The van der Waals surface area contributed by atoms with E-state index in [1.54, 1.807) is 0 Å². The van der Waals surface area contributed by atoms with Gasteiger partial charge in [-0.05, 0) is 52.9 Å². The van der Waals surface area contributed by atoms with Crippen molar-refractivity contribution in [3.05, 3.63) is 52.1 Å². The molecular weight excluding hydrogens is 321 g/mol. The van der Waals surface area contributed by atoms with E-state index in [9.17, 15) is 4.39 Å². The number of nitrogens with one attached hydrogen (secondary N) is 1. The van der Waals surface area contributed by atoms with Crippen LogP contribution in [-0.4, -0.2) is 16.5 Å². The summed E-state index contributed by atoms with van der Waals surface area (Å²) in [5.74, 6) is 2.10. The minimum atomic E-state index is -0.199. The van der Waals surface area contributed by atoms with Crippen LogP contribution in [0, 0.1) is 5.82 Å². The van der Waals surface area contributed by atoms with E-state index in [1.165, 1.54) is 25.0 Å². The summed E-state index contributed by atoms with van der Waals surface area (Å²) in [6, 6.07) is 8.48. The third-order valence-electron chi connectivity index (χ3n) is 3.29. The molecule has 20 heavy (non-hydrogen) atoms. The van der Waals surface area contributed by atoms with Crippen LogP contribution in [0.3, 0.4) is 0 Å². The summed E-state index contributed by atoms with van der Waals surface area (Å²) in [4.78, 5) is 8.92. The highest BCUT2D eigenvalue weighted by molar-refractivity contribution is 9.10. The van der Waals surface area contributed by atoms with E-state index in [4.69, 9.17) is 0 Å². The number of benzene rings is 1. The van der Waals surface area contributed by atoms with Crippen LogP contribution in [0.4, 0.5) is 10.2 Å². The number of hydrogen-bond donors (Lipinski definition) is 1. The van der Waals surface area contributed by atoms with Crippen molar-refractivity contribution in [1.29, 1.82) is 0 Å². The van der Waals surface area contributed by atoms with E-state index < -0.39 is 0 Å². The van der Waals surface area contributed by atoms with Gasteiger partial charge in [-0.25, -0.2) is 14.4 Å². The van der Waals surface area contributed by atoms with E-state index in [0.29, 0.717) is 5.92 Å². The molecule has 0 unspecified atom stereocenters. The zero-order chi connectivity index (χ0) is 13.9. The molecule has 1 aliphatic carbocycles. The van der Waals surface area contributed by atoms with E-state index in [0.717, 1.165) is 34.8 Å². The molecule has 1 aromatic heterocycles. The molecule has 5 heteroatoms. The molecule has 0 aliphatic heterocycles. The van der Waals surface area contributed by atoms with Gasteiger partial charge in [0.2, 0.25) is 0 Å². The first-order valence-corrected chi connectivity index (χ1v) is 7.53. The summed E-state index contributed by atoms with van der Waals surface area (Å²) in [7, 11) is 0. The summed E-state index contributed by atoms with van der Waals surface area (Å²) < 4.78 is 13.6. The first kappa shape index (κ1) is 13.5. The Kier molecular flexibility index (Phi) is 3.96. The molecule has 0 saturated heterocycles. The lowest BCUT2D eigenvalue weighted by Gasteiger charge is -2.08. The zero-order valence-electron chi connectivity index (χ0n) is 10.9. The van der Waals surface area contributed by atoms with Crippen molar-refractivity contribution in [2.75, 3.05) is 11.9 Å². The van der Waals surface area contributed by atoms with Crippen LogP contribution in [0.15, 0.2) is 34.9 Å². The molecule has 1 aromatic carbocycles. The summed E-state index contributed by atoms with van der Waals surface area (Å²) >= 11 is 3.42. The van der Waals surface area contributed by atoms with Crippen molar-refractivity contribution in [2.24, 2.45) is 0 Å². The minimum Gasteiger partial charge on any atom is -0.370 e. The Labute approximate surface area is 125 Å². The van der Waals surface area contributed by atoms with Crippen LogP contribution >= 0.6 is 15.9 Å². The molecular formula is C15H15BrFN3. The molecule has 1 saturated carbocycles. The third kappa shape index (κ3) is 3.54. The van der Waals surface area contributed by atoms with Crippen LogP contribution in [0.2, 0.25) is 0 Å². The summed E-state index contributed by atoms with van der Waals surface area (Å²) in [5, 5.41) is 3.30. The van der Waals surface area contributed by atoms with Crippen molar-refractivity contribution in [1.82, 2.24) is 9.97 Å².